The molecule has 1 heterocycles. The minimum atomic E-state index is 0.209. The molecule has 1 aliphatic carbocycles. The molecule has 1 saturated heterocycles. The van der Waals surface area contributed by atoms with Gasteiger partial charge in [-0.25, -0.2) is 0 Å². The van der Waals surface area contributed by atoms with E-state index in [4.69, 9.17) is 5.73 Å². The van der Waals surface area contributed by atoms with Crippen molar-refractivity contribution in [2.75, 3.05) is 33.2 Å². The molecule has 4 nitrogen and oxygen atoms in total. The van der Waals surface area contributed by atoms with Crippen LogP contribution in [0.1, 0.15) is 38.5 Å². The van der Waals surface area contributed by atoms with Crippen LogP contribution in [0.15, 0.2) is 0 Å². The van der Waals surface area contributed by atoms with Crippen molar-refractivity contribution < 1.29 is 4.79 Å². The minimum Gasteiger partial charge on any atom is -0.355 e. The maximum absolute atomic E-state index is 11.7. The largest absolute Gasteiger partial charge is 0.355 e. The van der Waals surface area contributed by atoms with Crippen molar-refractivity contribution in [3.63, 3.8) is 0 Å². The van der Waals surface area contributed by atoms with Crippen LogP contribution in [0.5, 0.6) is 0 Å². The molecule has 0 aromatic heterocycles. The van der Waals surface area contributed by atoms with E-state index >= 15 is 0 Å². The van der Waals surface area contributed by atoms with E-state index < -0.39 is 0 Å². The molecule has 104 valence electrons. The quantitative estimate of drug-likeness (QED) is 0.710. The molecule has 4 heteroatoms. The standard InChI is InChI=1S/C14H27N3O/c1-17-8-5-12(9-17)3-2-4-13(18)16-11-14(10-15)6-7-14/h12H,2-11,15H2,1H3,(H,16,18). The van der Waals surface area contributed by atoms with Gasteiger partial charge >= 0.3 is 0 Å². The summed E-state index contributed by atoms with van der Waals surface area (Å²) in [5.41, 5.74) is 5.95. The van der Waals surface area contributed by atoms with Crippen LogP contribution in [0.4, 0.5) is 0 Å². The Balaban J connectivity index is 1.52. The summed E-state index contributed by atoms with van der Waals surface area (Å²) in [5, 5.41) is 3.04. The van der Waals surface area contributed by atoms with E-state index in [1.807, 2.05) is 0 Å². The Hall–Kier alpha value is -0.610. The van der Waals surface area contributed by atoms with E-state index in [1.165, 1.54) is 38.8 Å². The molecular formula is C14H27N3O. The number of rotatable bonds is 7. The van der Waals surface area contributed by atoms with E-state index in [0.29, 0.717) is 13.0 Å². The normalized spacial score (nSPS) is 26.2. The predicted octanol–water partition coefficient (Wildman–Crippen LogP) is 0.964. The van der Waals surface area contributed by atoms with Crippen LogP contribution < -0.4 is 11.1 Å². The molecule has 2 rings (SSSR count). The lowest BCUT2D eigenvalue weighted by molar-refractivity contribution is -0.121. The van der Waals surface area contributed by atoms with Crippen LogP contribution in [0, 0.1) is 11.3 Å². The van der Waals surface area contributed by atoms with Crippen molar-refractivity contribution in [3.8, 4) is 0 Å². The fourth-order valence-electron chi connectivity index (χ4n) is 2.82. The summed E-state index contributed by atoms with van der Waals surface area (Å²) in [4.78, 5) is 14.1. The van der Waals surface area contributed by atoms with Gasteiger partial charge in [-0.3, -0.25) is 4.79 Å². The lowest BCUT2D eigenvalue weighted by Gasteiger charge is -2.14. The van der Waals surface area contributed by atoms with Gasteiger partial charge in [-0.05, 0) is 63.6 Å². The van der Waals surface area contributed by atoms with Crippen molar-refractivity contribution in [1.29, 1.82) is 0 Å². The topological polar surface area (TPSA) is 58.4 Å². The maximum atomic E-state index is 11.7. The molecule has 1 aliphatic heterocycles. The molecule has 2 aliphatic rings. The molecule has 0 radical (unpaired) electrons. The van der Waals surface area contributed by atoms with Gasteiger partial charge in [-0.1, -0.05) is 0 Å². The SMILES string of the molecule is CN1CCC(CCCC(=O)NCC2(CN)CC2)C1. The van der Waals surface area contributed by atoms with Crippen molar-refractivity contribution in [2.24, 2.45) is 17.1 Å². The maximum Gasteiger partial charge on any atom is 0.220 e. The monoisotopic (exact) mass is 253 g/mol. The second-order valence-electron chi connectivity index (χ2n) is 6.29. The first-order chi connectivity index (χ1) is 8.63. The Morgan fingerprint density at radius 3 is 2.83 bits per heavy atom. The zero-order chi connectivity index (χ0) is 13.0. The number of carbonyl (C=O) groups excluding carboxylic acids is 1. The molecule has 18 heavy (non-hydrogen) atoms. The van der Waals surface area contributed by atoms with E-state index in [9.17, 15) is 4.79 Å². The van der Waals surface area contributed by atoms with Gasteiger partial charge in [0.05, 0.1) is 0 Å². The van der Waals surface area contributed by atoms with Gasteiger partial charge in [0.15, 0.2) is 0 Å². The number of carbonyl (C=O) groups is 1. The third kappa shape index (κ3) is 3.95. The molecule has 0 aromatic carbocycles. The van der Waals surface area contributed by atoms with Gasteiger partial charge < -0.3 is 16.0 Å². The van der Waals surface area contributed by atoms with Gasteiger partial charge in [0.1, 0.15) is 0 Å². The molecule has 0 bridgehead atoms. The fourth-order valence-corrected chi connectivity index (χ4v) is 2.82. The zero-order valence-corrected chi connectivity index (χ0v) is 11.6. The highest BCUT2D eigenvalue weighted by atomic mass is 16.1. The molecular weight excluding hydrogens is 226 g/mol. The Kier molecular flexibility index (Phi) is 4.62. The molecule has 1 atom stereocenters. The number of nitrogens with one attached hydrogen (secondary N) is 1. The smallest absolute Gasteiger partial charge is 0.220 e. The van der Waals surface area contributed by atoms with E-state index in [1.54, 1.807) is 0 Å². The highest BCUT2D eigenvalue weighted by Crippen LogP contribution is 2.43. The third-order valence-corrected chi connectivity index (χ3v) is 4.56. The molecule has 1 amide bonds. The van der Waals surface area contributed by atoms with Crippen LogP contribution in [0.3, 0.4) is 0 Å². The number of hydrogen-bond donors (Lipinski definition) is 2. The van der Waals surface area contributed by atoms with Gasteiger partial charge in [-0.2, -0.15) is 0 Å². The number of amides is 1. The van der Waals surface area contributed by atoms with E-state index in [2.05, 4.69) is 17.3 Å². The van der Waals surface area contributed by atoms with Gasteiger partial charge in [0.2, 0.25) is 5.91 Å². The third-order valence-electron chi connectivity index (χ3n) is 4.56. The highest BCUT2D eigenvalue weighted by molar-refractivity contribution is 5.75. The summed E-state index contributed by atoms with van der Waals surface area (Å²) < 4.78 is 0. The zero-order valence-electron chi connectivity index (χ0n) is 11.6. The molecule has 2 fully saturated rings. The fraction of sp³-hybridized carbons (Fsp3) is 0.929. The second kappa shape index (κ2) is 6.02. The number of likely N-dealkylation sites (tertiary alicyclic amines) is 1. The average Bonchev–Trinajstić information content (AvgIpc) is 3.04. The van der Waals surface area contributed by atoms with Gasteiger partial charge in [-0.15, -0.1) is 0 Å². The summed E-state index contributed by atoms with van der Waals surface area (Å²) in [6, 6.07) is 0. The first-order valence-corrected chi connectivity index (χ1v) is 7.29. The van der Waals surface area contributed by atoms with Crippen LogP contribution in [0.2, 0.25) is 0 Å². The Morgan fingerprint density at radius 2 is 2.28 bits per heavy atom. The summed E-state index contributed by atoms with van der Waals surface area (Å²) >= 11 is 0. The lowest BCUT2D eigenvalue weighted by atomic mass is 10.0. The first-order valence-electron chi connectivity index (χ1n) is 7.29. The van der Waals surface area contributed by atoms with Crippen molar-refractivity contribution >= 4 is 5.91 Å². The summed E-state index contributed by atoms with van der Waals surface area (Å²) in [7, 11) is 2.18. The van der Waals surface area contributed by atoms with Crippen molar-refractivity contribution in [1.82, 2.24) is 10.2 Å². The number of nitrogens with zero attached hydrogens (tertiary/aromatic N) is 1. The average molecular weight is 253 g/mol. The molecule has 0 spiro atoms. The molecule has 1 saturated carbocycles. The van der Waals surface area contributed by atoms with E-state index in [-0.39, 0.29) is 11.3 Å². The number of hydrogen-bond acceptors (Lipinski definition) is 3. The summed E-state index contributed by atoms with van der Waals surface area (Å²) in [6.45, 7) is 3.92. The Morgan fingerprint density at radius 1 is 1.50 bits per heavy atom. The Labute approximate surface area is 110 Å². The minimum absolute atomic E-state index is 0.209. The van der Waals surface area contributed by atoms with Gasteiger partial charge in [0.25, 0.3) is 0 Å². The van der Waals surface area contributed by atoms with Crippen LogP contribution in [0.25, 0.3) is 0 Å². The highest BCUT2D eigenvalue weighted by Gasteiger charge is 2.41. The predicted molar refractivity (Wildman–Crippen MR) is 73.2 cm³/mol. The number of nitrogens with two attached hydrogens (primary N) is 1. The lowest BCUT2D eigenvalue weighted by Crippen LogP contribution is -2.33. The molecule has 3 N–H and O–H groups in total. The van der Waals surface area contributed by atoms with Gasteiger partial charge in [0, 0.05) is 19.5 Å². The van der Waals surface area contributed by atoms with Crippen LogP contribution in [-0.4, -0.2) is 44.0 Å². The summed E-state index contributed by atoms with van der Waals surface area (Å²) in [5.74, 6) is 1.02. The molecule has 1 unspecified atom stereocenters. The first kappa shape index (κ1) is 13.8. The Bertz CT molecular complexity index is 289. The van der Waals surface area contributed by atoms with Crippen molar-refractivity contribution in [2.45, 2.75) is 38.5 Å². The van der Waals surface area contributed by atoms with Crippen LogP contribution in [-0.2, 0) is 4.79 Å². The second-order valence-corrected chi connectivity index (χ2v) is 6.29. The summed E-state index contributed by atoms with van der Waals surface area (Å²) in [6.07, 6.45) is 6.56. The molecule has 0 aromatic rings. The van der Waals surface area contributed by atoms with Crippen LogP contribution >= 0.6 is 0 Å². The van der Waals surface area contributed by atoms with Crippen molar-refractivity contribution in [3.05, 3.63) is 0 Å². The van der Waals surface area contributed by atoms with E-state index in [0.717, 1.165) is 18.9 Å².